The van der Waals surface area contributed by atoms with Crippen LogP contribution in [0.5, 0.6) is 5.75 Å². The van der Waals surface area contributed by atoms with Crippen LogP contribution in [0.4, 0.5) is 4.39 Å². The number of fused-ring (bicyclic) bond motifs is 1. The molecule has 0 radical (unpaired) electrons. The highest BCUT2D eigenvalue weighted by atomic mass is 19.1. The first-order valence-corrected chi connectivity index (χ1v) is 8.79. The van der Waals surface area contributed by atoms with Gasteiger partial charge >= 0.3 is 0 Å². The molecule has 0 saturated heterocycles. The highest BCUT2D eigenvalue weighted by molar-refractivity contribution is 5.91. The number of benzene rings is 1. The minimum Gasteiger partial charge on any atom is -0.496 e. The van der Waals surface area contributed by atoms with E-state index in [2.05, 4.69) is 15.0 Å². The Morgan fingerprint density at radius 3 is 2.41 bits per heavy atom. The van der Waals surface area contributed by atoms with Crippen molar-refractivity contribution in [3.63, 3.8) is 0 Å². The molecule has 142 valence electrons. The molecule has 2 heterocycles. The Labute approximate surface area is 158 Å². The zero-order valence-corrected chi connectivity index (χ0v) is 16.2. The van der Waals surface area contributed by atoms with Crippen molar-refractivity contribution in [2.45, 2.75) is 45.4 Å². The Morgan fingerprint density at radius 2 is 1.78 bits per heavy atom. The van der Waals surface area contributed by atoms with Gasteiger partial charge in [-0.3, -0.25) is 4.98 Å². The van der Waals surface area contributed by atoms with Gasteiger partial charge in [-0.2, -0.15) is 0 Å². The average Bonchev–Trinajstić information content (AvgIpc) is 2.59. The molecule has 0 aliphatic carbocycles. The second-order valence-corrected chi connectivity index (χ2v) is 7.62. The van der Waals surface area contributed by atoms with Gasteiger partial charge in [-0.25, -0.2) is 14.4 Å². The van der Waals surface area contributed by atoms with Crippen LogP contribution < -0.4 is 4.74 Å². The zero-order valence-electron chi connectivity index (χ0n) is 16.2. The normalized spacial score (nSPS) is 12.4. The molecule has 1 aromatic carbocycles. The Kier molecular flexibility index (Phi) is 4.86. The van der Waals surface area contributed by atoms with E-state index in [-0.39, 0.29) is 5.82 Å². The summed E-state index contributed by atoms with van der Waals surface area (Å²) in [6.45, 7) is 6.35. The second-order valence-electron chi connectivity index (χ2n) is 7.62. The van der Waals surface area contributed by atoms with Crippen molar-refractivity contribution >= 4 is 10.8 Å². The van der Waals surface area contributed by atoms with Crippen LogP contribution in [0.15, 0.2) is 36.7 Å². The van der Waals surface area contributed by atoms with Crippen LogP contribution in [0.1, 0.15) is 50.5 Å². The first-order chi connectivity index (χ1) is 12.6. The lowest BCUT2D eigenvalue weighted by Crippen LogP contribution is -2.16. The first-order valence-electron chi connectivity index (χ1n) is 8.79. The topological polar surface area (TPSA) is 68.1 Å². The summed E-state index contributed by atoms with van der Waals surface area (Å²) >= 11 is 0. The minimum absolute atomic E-state index is 0.152. The van der Waals surface area contributed by atoms with Crippen molar-refractivity contribution in [3.8, 4) is 5.75 Å². The Bertz CT molecular complexity index is 975. The predicted octanol–water partition coefficient (Wildman–Crippen LogP) is 4.06. The van der Waals surface area contributed by atoms with Crippen molar-refractivity contribution in [2.75, 3.05) is 7.11 Å². The number of ether oxygens (including phenoxy) is 1. The van der Waals surface area contributed by atoms with Gasteiger partial charge in [0.1, 0.15) is 5.75 Å². The van der Waals surface area contributed by atoms with E-state index in [1.165, 1.54) is 13.8 Å². The van der Waals surface area contributed by atoms with Crippen LogP contribution in [0.3, 0.4) is 0 Å². The third-order valence-corrected chi connectivity index (χ3v) is 4.40. The number of nitrogens with zero attached hydrogens (tertiary/aromatic N) is 3. The lowest BCUT2D eigenvalue weighted by atomic mass is 9.92. The van der Waals surface area contributed by atoms with Gasteiger partial charge in [-0.05, 0) is 56.8 Å². The zero-order chi connectivity index (χ0) is 19.8. The van der Waals surface area contributed by atoms with E-state index < -0.39 is 11.3 Å². The Hall–Kier alpha value is -2.60. The van der Waals surface area contributed by atoms with Gasteiger partial charge < -0.3 is 9.84 Å². The fraction of sp³-hybridized carbons (Fsp3) is 0.381. The molecule has 2 aromatic heterocycles. The van der Waals surface area contributed by atoms with E-state index in [9.17, 15) is 9.50 Å². The summed E-state index contributed by atoms with van der Waals surface area (Å²) in [5.74, 6) is 0.847. The maximum absolute atomic E-state index is 14.1. The standard InChI is InChI=1S/C21H24FN3O2/c1-20(2,22)19-23-9-8-13(25-19)10-14-11-15-16(12-24-14)18(27-5)7-6-17(15)21(3,4)26/h6-9,11-12,26H,10H2,1-5H3. The molecule has 6 heteroatoms. The maximum Gasteiger partial charge on any atom is 0.165 e. The summed E-state index contributed by atoms with van der Waals surface area (Å²) in [6, 6.07) is 7.37. The highest BCUT2D eigenvalue weighted by Gasteiger charge is 2.23. The number of hydrogen-bond acceptors (Lipinski definition) is 5. The summed E-state index contributed by atoms with van der Waals surface area (Å²) < 4.78 is 19.6. The molecule has 0 aliphatic heterocycles. The van der Waals surface area contributed by atoms with Crippen molar-refractivity contribution in [1.29, 1.82) is 0 Å². The van der Waals surface area contributed by atoms with Crippen LogP contribution in [0.2, 0.25) is 0 Å². The number of pyridine rings is 1. The highest BCUT2D eigenvalue weighted by Crippen LogP contribution is 2.34. The van der Waals surface area contributed by atoms with Crippen LogP contribution in [-0.2, 0) is 17.7 Å². The summed E-state index contributed by atoms with van der Waals surface area (Å²) in [7, 11) is 1.60. The first kappa shape index (κ1) is 19.2. The minimum atomic E-state index is -1.60. The van der Waals surface area contributed by atoms with Gasteiger partial charge in [0.05, 0.1) is 18.4 Å². The largest absolute Gasteiger partial charge is 0.496 e. The number of aliphatic hydroxyl groups is 1. The quantitative estimate of drug-likeness (QED) is 0.735. The van der Waals surface area contributed by atoms with Crippen LogP contribution in [0, 0.1) is 0 Å². The van der Waals surface area contributed by atoms with Crippen molar-refractivity contribution in [3.05, 3.63) is 59.4 Å². The van der Waals surface area contributed by atoms with E-state index in [0.717, 1.165) is 22.0 Å². The molecule has 3 aromatic rings. The molecule has 0 saturated carbocycles. The van der Waals surface area contributed by atoms with E-state index in [4.69, 9.17) is 4.74 Å². The summed E-state index contributed by atoms with van der Waals surface area (Å²) in [5.41, 5.74) is -0.374. The number of methoxy groups -OCH3 is 1. The third kappa shape index (κ3) is 4.06. The van der Waals surface area contributed by atoms with Gasteiger partial charge in [-0.1, -0.05) is 6.07 Å². The molecule has 0 unspecified atom stereocenters. The molecule has 0 aliphatic rings. The molecule has 0 atom stereocenters. The molecule has 0 bridgehead atoms. The SMILES string of the molecule is COc1ccc(C(C)(C)O)c2cc(Cc3ccnc(C(C)(C)F)n3)ncc12. The number of rotatable bonds is 5. The summed E-state index contributed by atoms with van der Waals surface area (Å²) in [6.07, 6.45) is 3.73. The molecule has 0 amide bonds. The van der Waals surface area contributed by atoms with Crippen LogP contribution in [-0.4, -0.2) is 27.2 Å². The number of aromatic nitrogens is 3. The molecular weight excluding hydrogens is 345 g/mol. The van der Waals surface area contributed by atoms with E-state index in [0.29, 0.717) is 17.9 Å². The lowest BCUT2D eigenvalue weighted by molar-refractivity contribution is 0.0801. The molecule has 3 rings (SSSR count). The summed E-state index contributed by atoms with van der Waals surface area (Å²) in [5, 5.41) is 12.2. The fourth-order valence-corrected chi connectivity index (χ4v) is 3.03. The summed E-state index contributed by atoms with van der Waals surface area (Å²) in [4.78, 5) is 12.8. The van der Waals surface area contributed by atoms with Gasteiger partial charge in [0, 0.05) is 29.9 Å². The molecule has 5 nitrogen and oxygen atoms in total. The molecule has 27 heavy (non-hydrogen) atoms. The lowest BCUT2D eigenvalue weighted by Gasteiger charge is -2.21. The number of hydrogen-bond donors (Lipinski definition) is 1. The van der Waals surface area contributed by atoms with Gasteiger partial charge in [0.25, 0.3) is 0 Å². The third-order valence-electron chi connectivity index (χ3n) is 4.40. The molecular formula is C21H24FN3O2. The molecule has 1 N–H and O–H groups in total. The maximum atomic E-state index is 14.1. The van der Waals surface area contributed by atoms with Crippen LogP contribution >= 0.6 is 0 Å². The van der Waals surface area contributed by atoms with Gasteiger partial charge in [-0.15, -0.1) is 0 Å². The smallest absolute Gasteiger partial charge is 0.165 e. The number of halogens is 1. The Balaban J connectivity index is 2.06. The predicted molar refractivity (Wildman–Crippen MR) is 103 cm³/mol. The van der Waals surface area contributed by atoms with E-state index in [1.54, 1.807) is 39.4 Å². The van der Waals surface area contributed by atoms with E-state index >= 15 is 0 Å². The number of alkyl halides is 1. The van der Waals surface area contributed by atoms with Gasteiger partial charge in [0.2, 0.25) is 0 Å². The Morgan fingerprint density at radius 1 is 1.04 bits per heavy atom. The van der Waals surface area contributed by atoms with E-state index in [1.807, 2.05) is 18.2 Å². The van der Waals surface area contributed by atoms with Crippen molar-refractivity contribution in [1.82, 2.24) is 15.0 Å². The second kappa shape index (κ2) is 6.85. The molecule has 0 fully saturated rings. The van der Waals surface area contributed by atoms with Crippen molar-refractivity contribution < 1.29 is 14.2 Å². The fourth-order valence-electron chi connectivity index (χ4n) is 3.03. The van der Waals surface area contributed by atoms with Gasteiger partial charge in [0.15, 0.2) is 11.5 Å². The van der Waals surface area contributed by atoms with Crippen LogP contribution in [0.25, 0.3) is 10.8 Å². The monoisotopic (exact) mass is 369 g/mol. The molecule has 0 spiro atoms. The average molecular weight is 369 g/mol. The van der Waals surface area contributed by atoms with Crippen molar-refractivity contribution in [2.24, 2.45) is 0 Å².